The van der Waals surface area contributed by atoms with Crippen LogP contribution in [-0.4, -0.2) is 37.0 Å². The molecule has 0 aliphatic carbocycles. The largest absolute Gasteiger partial charge is 0.329 e. The third kappa shape index (κ3) is 2.83. The Hall–Kier alpha value is -1.35. The summed E-state index contributed by atoms with van der Waals surface area (Å²) >= 11 is 0. The average molecular weight is 217 g/mol. The fourth-order valence-electron chi connectivity index (χ4n) is 2.12. The van der Waals surface area contributed by atoms with Crippen molar-refractivity contribution in [3.63, 3.8) is 0 Å². The van der Waals surface area contributed by atoms with Gasteiger partial charge in [-0.25, -0.2) is 0 Å². The first kappa shape index (κ1) is 11.1. The van der Waals surface area contributed by atoms with Gasteiger partial charge in [-0.15, -0.1) is 0 Å². The fourth-order valence-corrected chi connectivity index (χ4v) is 2.12. The highest BCUT2D eigenvalue weighted by molar-refractivity contribution is 5.49. The highest BCUT2D eigenvalue weighted by atomic mass is 16.1. The Balaban J connectivity index is 1.86. The predicted octanol–water partition coefficient (Wildman–Crippen LogP) is 0.960. The van der Waals surface area contributed by atoms with E-state index in [2.05, 4.69) is 29.6 Å². The summed E-state index contributed by atoms with van der Waals surface area (Å²) in [6.07, 6.45) is 4.06. The van der Waals surface area contributed by atoms with Crippen molar-refractivity contribution >= 4 is 6.41 Å². The maximum atomic E-state index is 10.8. The van der Waals surface area contributed by atoms with Crippen molar-refractivity contribution in [1.29, 1.82) is 0 Å². The van der Waals surface area contributed by atoms with Crippen molar-refractivity contribution in [2.75, 3.05) is 19.6 Å². The van der Waals surface area contributed by atoms with E-state index in [1.165, 1.54) is 5.56 Å². The molecule has 1 heterocycles. The van der Waals surface area contributed by atoms with E-state index in [0.717, 1.165) is 32.5 Å². The van der Waals surface area contributed by atoms with E-state index in [0.29, 0.717) is 6.04 Å². The molecular weight excluding hydrogens is 200 g/mol. The Morgan fingerprint density at radius 1 is 1.38 bits per heavy atom. The lowest BCUT2D eigenvalue weighted by atomic mass is 10.0. The van der Waals surface area contributed by atoms with Gasteiger partial charge in [-0.2, -0.15) is 0 Å². The second-order valence-electron chi connectivity index (χ2n) is 4.17. The standard InChI is InChI=1S/C13H17N2O/c16-11-15-9-8-14-10-13(15)7-6-12-4-2-1-3-5-12/h1-5,13-14H,6-10H2. The number of hydrogen-bond acceptors (Lipinski definition) is 2. The van der Waals surface area contributed by atoms with Gasteiger partial charge in [0.1, 0.15) is 0 Å². The molecular formula is C13H17N2O. The Morgan fingerprint density at radius 3 is 2.94 bits per heavy atom. The molecule has 2 rings (SSSR count). The van der Waals surface area contributed by atoms with Crippen LogP contribution in [0.4, 0.5) is 0 Å². The number of carbonyl (C=O) groups excluding carboxylic acids is 1. The maximum Gasteiger partial charge on any atom is 0.312 e. The van der Waals surface area contributed by atoms with Gasteiger partial charge in [-0.05, 0) is 18.4 Å². The zero-order chi connectivity index (χ0) is 11.2. The zero-order valence-electron chi connectivity index (χ0n) is 9.36. The van der Waals surface area contributed by atoms with Crippen LogP contribution in [0.3, 0.4) is 0 Å². The van der Waals surface area contributed by atoms with Gasteiger partial charge in [-0.1, -0.05) is 30.3 Å². The van der Waals surface area contributed by atoms with Crippen LogP contribution < -0.4 is 5.32 Å². The van der Waals surface area contributed by atoms with Crippen LogP contribution in [0.5, 0.6) is 0 Å². The van der Waals surface area contributed by atoms with E-state index in [9.17, 15) is 4.79 Å². The molecule has 16 heavy (non-hydrogen) atoms. The molecule has 1 amide bonds. The lowest BCUT2D eigenvalue weighted by Crippen LogP contribution is -2.50. The van der Waals surface area contributed by atoms with E-state index < -0.39 is 0 Å². The summed E-state index contributed by atoms with van der Waals surface area (Å²) in [7, 11) is 0. The smallest absolute Gasteiger partial charge is 0.312 e. The first-order valence-corrected chi connectivity index (χ1v) is 5.79. The Labute approximate surface area is 96.5 Å². The summed E-state index contributed by atoms with van der Waals surface area (Å²) in [5, 5.41) is 3.31. The number of amides is 1. The Morgan fingerprint density at radius 2 is 2.19 bits per heavy atom. The average Bonchev–Trinajstić information content (AvgIpc) is 2.38. The maximum absolute atomic E-state index is 10.8. The molecule has 1 aromatic carbocycles. The predicted molar refractivity (Wildman–Crippen MR) is 63.8 cm³/mol. The molecule has 0 bridgehead atoms. The molecule has 0 aromatic heterocycles. The van der Waals surface area contributed by atoms with E-state index in [4.69, 9.17) is 0 Å². The second-order valence-corrected chi connectivity index (χ2v) is 4.17. The minimum absolute atomic E-state index is 0.298. The molecule has 1 aliphatic heterocycles. The molecule has 0 saturated carbocycles. The van der Waals surface area contributed by atoms with Gasteiger partial charge >= 0.3 is 6.41 Å². The van der Waals surface area contributed by atoms with Crippen LogP contribution in [0.25, 0.3) is 0 Å². The first-order valence-electron chi connectivity index (χ1n) is 5.79. The van der Waals surface area contributed by atoms with Gasteiger partial charge in [0, 0.05) is 25.7 Å². The number of nitrogens with one attached hydrogen (secondary N) is 1. The summed E-state index contributed by atoms with van der Waals surface area (Å²) in [6.45, 7) is 2.56. The minimum Gasteiger partial charge on any atom is -0.329 e. The molecule has 1 fully saturated rings. The summed E-state index contributed by atoms with van der Waals surface area (Å²) in [5.41, 5.74) is 1.33. The fraction of sp³-hybridized carbons (Fsp3) is 0.462. The molecule has 3 heteroatoms. The van der Waals surface area contributed by atoms with Crippen molar-refractivity contribution < 1.29 is 4.79 Å². The topological polar surface area (TPSA) is 32.3 Å². The normalized spacial score (nSPS) is 20.8. The molecule has 1 unspecified atom stereocenters. The van der Waals surface area contributed by atoms with Crippen LogP contribution in [0, 0.1) is 0 Å². The van der Waals surface area contributed by atoms with Crippen molar-refractivity contribution in [2.24, 2.45) is 0 Å². The highest BCUT2D eigenvalue weighted by Gasteiger charge is 2.20. The third-order valence-electron chi connectivity index (χ3n) is 3.08. The highest BCUT2D eigenvalue weighted by Crippen LogP contribution is 2.10. The lowest BCUT2D eigenvalue weighted by Gasteiger charge is -2.32. The summed E-state index contributed by atoms with van der Waals surface area (Å²) in [6, 6.07) is 10.7. The first-order chi connectivity index (χ1) is 7.90. The Bertz CT molecular complexity index is 326. The number of nitrogens with zero attached hydrogens (tertiary/aromatic N) is 1. The number of piperazine rings is 1. The number of benzene rings is 1. The monoisotopic (exact) mass is 217 g/mol. The molecule has 0 spiro atoms. The number of rotatable bonds is 4. The van der Waals surface area contributed by atoms with Crippen molar-refractivity contribution in [3.8, 4) is 0 Å². The van der Waals surface area contributed by atoms with Crippen LogP contribution >= 0.6 is 0 Å². The molecule has 1 atom stereocenters. The summed E-state index contributed by atoms with van der Waals surface area (Å²) < 4.78 is 0. The van der Waals surface area contributed by atoms with Crippen LogP contribution in [-0.2, 0) is 11.2 Å². The lowest BCUT2D eigenvalue weighted by molar-refractivity contribution is 0.235. The van der Waals surface area contributed by atoms with E-state index in [1.54, 1.807) is 4.90 Å². The van der Waals surface area contributed by atoms with E-state index in [-0.39, 0.29) is 0 Å². The number of aryl methyl sites for hydroxylation is 1. The van der Waals surface area contributed by atoms with Crippen molar-refractivity contribution in [2.45, 2.75) is 18.9 Å². The zero-order valence-corrected chi connectivity index (χ0v) is 9.36. The van der Waals surface area contributed by atoms with Gasteiger partial charge in [0.05, 0.1) is 0 Å². The summed E-state index contributed by atoms with van der Waals surface area (Å²) in [5.74, 6) is 0. The third-order valence-corrected chi connectivity index (χ3v) is 3.08. The Kier molecular flexibility index (Phi) is 3.94. The molecule has 3 nitrogen and oxygen atoms in total. The van der Waals surface area contributed by atoms with Crippen LogP contribution in [0.15, 0.2) is 30.3 Å². The van der Waals surface area contributed by atoms with Gasteiger partial charge < -0.3 is 10.2 Å². The summed E-state index contributed by atoms with van der Waals surface area (Å²) in [4.78, 5) is 12.5. The van der Waals surface area contributed by atoms with Gasteiger partial charge in [0.15, 0.2) is 0 Å². The van der Waals surface area contributed by atoms with Crippen molar-refractivity contribution in [3.05, 3.63) is 35.9 Å². The second kappa shape index (κ2) is 5.66. The van der Waals surface area contributed by atoms with Gasteiger partial charge in [-0.3, -0.25) is 4.79 Å². The number of hydrogen-bond donors (Lipinski definition) is 1. The molecule has 1 aromatic rings. The molecule has 1 saturated heterocycles. The minimum atomic E-state index is 0.298. The quantitative estimate of drug-likeness (QED) is 0.814. The molecule has 1 aliphatic rings. The van der Waals surface area contributed by atoms with Crippen LogP contribution in [0.2, 0.25) is 0 Å². The SMILES string of the molecule is O=[C]N1CCNCC1CCc1ccccc1. The van der Waals surface area contributed by atoms with Gasteiger partial charge in [0.2, 0.25) is 0 Å². The molecule has 85 valence electrons. The van der Waals surface area contributed by atoms with E-state index in [1.807, 2.05) is 12.5 Å². The van der Waals surface area contributed by atoms with E-state index >= 15 is 0 Å². The van der Waals surface area contributed by atoms with Crippen LogP contribution in [0.1, 0.15) is 12.0 Å². The molecule has 1 N–H and O–H groups in total. The van der Waals surface area contributed by atoms with Crippen molar-refractivity contribution in [1.82, 2.24) is 10.2 Å². The molecule has 1 radical (unpaired) electrons. The van der Waals surface area contributed by atoms with Gasteiger partial charge in [0.25, 0.3) is 0 Å².